The molecule has 28 heavy (non-hydrogen) atoms. The minimum absolute atomic E-state index is 0.0337. The zero-order valence-electron chi connectivity index (χ0n) is 17.6. The predicted molar refractivity (Wildman–Crippen MR) is 112 cm³/mol. The van der Waals surface area contributed by atoms with Crippen molar-refractivity contribution in [1.82, 2.24) is 20.4 Å². The number of hydrogen-bond donors (Lipinski definition) is 2. The standard InChI is InChI=1S/C21H34FN5O/c1-16-15-18(22)9-8-17(16)10-12-25-21(23-2)24-11-6-14-27-13-5-7-19(27)20(28)26(3)4/h8-9,15,19H,5-7,10-14H2,1-4H3,(H2,23,24,25). The minimum Gasteiger partial charge on any atom is -0.356 e. The third kappa shape index (κ3) is 6.48. The molecule has 7 heteroatoms. The molecular formula is C21H34FN5O. The molecule has 1 saturated heterocycles. The van der Waals surface area contributed by atoms with E-state index in [1.807, 2.05) is 27.1 Å². The number of benzene rings is 1. The number of halogens is 1. The van der Waals surface area contributed by atoms with Gasteiger partial charge in [-0.1, -0.05) is 6.07 Å². The van der Waals surface area contributed by atoms with Gasteiger partial charge in [0, 0.05) is 40.8 Å². The Hall–Kier alpha value is -2.15. The second kappa shape index (κ2) is 11.0. The van der Waals surface area contributed by atoms with Crippen molar-refractivity contribution < 1.29 is 9.18 Å². The van der Waals surface area contributed by atoms with Crippen molar-refractivity contribution >= 4 is 11.9 Å². The zero-order chi connectivity index (χ0) is 20.5. The van der Waals surface area contributed by atoms with E-state index in [0.29, 0.717) is 0 Å². The highest BCUT2D eigenvalue weighted by Crippen LogP contribution is 2.18. The first kappa shape index (κ1) is 22.1. The fourth-order valence-electron chi connectivity index (χ4n) is 3.64. The Labute approximate surface area is 168 Å². The minimum atomic E-state index is -0.195. The lowest BCUT2D eigenvalue weighted by molar-refractivity contribution is -0.133. The maximum atomic E-state index is 13.2. The molecule has 2 N–H and O–H groups in total. The molecule has 0 spiro atoms. The van der Waals surface area contributed by atoms with Crippen LogP contribution in [0.2, 0.25) is 0 Å². The molecule has 0 aromatic heterocycles. The molecule has 1 aliphatic heterocycles. The van der Waals surface area contributed by atoms with Gasteiger partial charge in [0.15, 0.2) is 5.96 Å². The topological polar surface area (TPSA) is 60.0 Å². The summed E-state index contributed by atoms with van der Waals surface area (Å²) in [6, 6.07) is 4.94. The highest BCUT2D eigenvalue weighted by molar-refractivity contribution is 5.81. The van der Waals surface area contributed by atoms with Gasteiger partial charge in [0.1, 0.15) is 5.82 Å². The van der Waals surface area contributed by atoms with Crippen molar-refractivity contribution in [3.05, 3.63) is 35.1 Å². The van der Waals surface area contributed by atoms with Crippen LogP contribution in [0.1, 0.15) is 30.4 Å². The van der Waals surface area contributed by atoms with Crippen LogP contribution in [-0.2, 0) is 11.2 Å². The van der Waals surface area contributed by atoms with Crippen LogP contribution in [0, 0.1) is 12.7 Å². The van der Waals surface area contributed by atoms with Gasteiger partial charge in [-0.05, 0) is 62.4 Å². The van der Waals surface area contributed by atoms with Crippen LogP contribution in [0.5, 0.6) is 0 Å². The summed E-state index contributed by atoms with van der Waals surface area (Å²) in [5, 5.41) is 6.63. The molecule has 1 aromatic rings. The summed E-state index contributed by atoms with van der Waals surface area (Å²) in [5.74, 6) is 0.778. The Morgan fingerprint density at radius 2 is 2.07 bits per heavy atom. The molecule has 0 aliphatic carbocycles. The van der Waals surface area contributed by atoms with Gasteiger partial charge in [0.25, 0.3) is 0 Å². The molecule has 6 nitrogen and oxygen atoms in total. The quantitative estimate of drug-likeness (QED) is 0.403. The number of rotatable bonds is 8. The molecule has 156 valence electrons. The van der Waals surface area contributed by atoms with Crippen molar-refractivity contribution in [2.75, 3.05) is 47.3 Å². The van der Waals surface area contributed by atoms with Crippen LogP contribution in [0.25, 0.3) is 0 Å². The van der Waals surface area contributed by atoms with Crippen LogP contribution in [-0.4, -0.2) is 75.0 Å². The molecule has 0 saturated carbocycles. The number of likely N-dealkylation sites (N-methyl/N-ethyl adjacent to an activating group) is 1. The summed E-state index contributed by atoms with van der Waals surface area (Å²) in [4.78, 5) is 20.5. The van der Waals surface area contributed by atoms with Gasteiger partial charge in [0.05, 0.1) is 6.04 Å². The van der Waals surface area contributed by atoms with E-state index in [2.05, 4.69) is 20.5 Å². The highest BCUT2D eigenvalue weighted by atomic mass is 19.1. The van der Waals surface area contributed by atoms with Crippen molar-refractivity contribution in [1.29, 1.82) is 0 Å². The summed E-state index contributed by atoms with van der Waals surface area (Å²) in [6.07, 6.45) is 3.81. The highest BCUT2D eigenvalue weighted by Gasteiger charge is 2.30. The molecule has 2 rings (SSSR count). The number of aliphatic imine (C=N–C) groups is 1. The summed E-state index contributed by atoms with van der Waals surface area (Å²) in [5.41, 5.74) is 2.10. The number of amides is 1. The molecule has 1 aliphatic rings. The molecule has 1 aromatic carbocycles. The van der Waals surface area contributed by atoms with Gasteiger partial charge in [0.2, 0.25) is 5.91 Å². The van der Waals surface area contributed by atoms with E-state index >= 15 is 0 Å². The summed E-state index contributed by atoms with van der Waals surface area (Å²) in [7, 11) is 5.40. The van der Waals surface area contributed by atoms with Gasteiger partial charge in [-0.25, -0.2) is 4.39 Å². The van der Waals surface area contributed by atoms with Crippen molar-refractivity contribution in [2.45, 2.75) is 38.6 Å². The van der Waals surface area contributed by atoms with Gasteiger partial charge in [-0.3, -0.25) is 14.7 Å². The third-order valence-electron chi connectivity index (χ3n) is 5.22. The van der Waals surface area contributed by atoms with Crippen molar-refractivity contribution in [2.24, 2.45) is 4.99 Å². The fourth-order valence-corrected chi connectivity index (χ4v) is 3.64. The molecule has 1 unspecified atom stereocenters. The van der Waals surface area contributed by atoms with Crippen molar-refractivity contribution in [3.8, 4) is 0 Å². The first-order valence-corrected chi connectivity index (χ1v) is 10.1. The Bertz CT molecular complexity index is 677. The SMILES string of the molecule is CN=C(NCCCN1CCCC1C(=O)N(C)C)NCCc1ccc(F)cc1C. The molecule has 0 bridgehead atoms. The van der Waals surface area contributed by atoms with E-state index in [-0.39, 0.29) is 17.8 Å². The molecular weight excluding hydrogens is 357 g/mol. The van der Waals surface area contributed by atoms with E-state index < -0.39 is 0 Å². The number of carbonyl (C=O) groups excluding carboxylic acids is 1. The van der Waals surface area contributed by atoms with Gasteiger partial charge >= 0.3 is 0 Å². The second-order valence-electron chi connectivity index (χ2n) is 7.53. The molecule has 1 heterocycles. The van der Waals surface area contributed by atoms with Crippen LogP contribution in [0.3, 0.4) is 0 Å². The number of nitrogens with zero attached hydrogens (tertiary/aromatic N) is 3. The number of carbonyl (C=O) groups is 1. The maximum absolute atomic E-state index is 13.2. The van der Waals surface area contributed by atoms with E-state index in [0.717, 1.165) is 68.9 Å². The first-order valence-electron chi connectivity index (χ1n) is 10.1. The van der Waals surface area contributed by atoms with Gasteiger partial charge < -0.3 is 15.5 Å². The number of guanidine groups is 1. The molecule has 1 amide bonds. The van der Waals surface area contributed by atoms with Crippen molar-refractivity contribution in [3.63, 3.8) is 0 Å². The van der Waals surface area contributed by atoms with E-state index in [9.17, 15) is 9.18 Å². The first-order chi connectivity index (χ1) is 13.4. The summed E-state index contributed by atoms with van der Waals surface area (Å²) >= 11 is 0. The van der Waals surface area contributed by atoms with Gasteiger partial charge in [-0.15, -0.1) is 0 Å². The smallest absolute Gasteiger partial charge is 0.239 e. The van der Waals surface area contributed by atoms with E-state index in [4.69, 9.17) is 0 Å². The van der Waals surface area contributed by atoms with E-state index in [1.54, 1.807) is 18.0 Å². The van der Waals surface area contributed by atoms with Crippen LogP contribution >= 0.6 is 0 Å². The summed E-state index contributed by atoms with van der Waals surface area (Å²) < 4.78 is 13.2. The average Bonchev–Trinajstić information content (AvgIpc) is 3.12. The van der Waals surface area contributed by atoms with Gasteiger partial charge in [-0.2, -0.15) is 0 Å². The Kier molecular flexibility index (Phi) is 8.70. The lowest BCUT2D eigenvalue weighted by Crippen LogP contribution is -2.44. The molecule has 1 fully saturated rings. The molecule has 0 radical (unpaired) electrons. The summed E-state index contributed by atoms with van der Waals surface area (Å²) in [6.45, 7) is 5.36. The van der Waals surface area contributed by atoms with Crippen LogP contribution < -0.4 is 10.6 Å². The predicted octanol–water partition coefficient (Wildman–Crippen LogP) is 1.78. The Morgan fingerprint density at radius 1 is 1.32 bits per heavy atom. The number of likely N-dealkylation sites (tertiary alicyclic amines) is 1. The fraction of sp³-hybridized carbons (Fsp3) is 0.619. The number of nitrogens with one attached hydrogen (secondary N) is 2. The average molecular weight is 392 g/mol. The van der Waals surface area contributed by atoms with Crippen LogP contribution in [0.15, 0.2) is 23.2 Å². The number of aryl methyl sites for hydroxylation is 1. The second-order valence-corrected chi connectivity index (χ2v) is 7.53. The normalized spacial score (nSPS) is 17.6. The van der Waals surface area contributed by atoms with Crippen LogP contribution in [0.4, 0.5) is 4.39 Å². The zero-order valence-corrected chi connectivity index (χ0v) is 17.6. The monoisotopic (exact) mass is 391 g/mol. The Balaban J connectivity index is 1.67. The maximum Gasteiger partial charge on any atom is 0.239 e. The third-order valence-corrected chi connectivity index (χ3v) is 5.22. The number of hydrogen-bond acceptors (Lipinski definition) is 3. The molecule has 1 atom stereocenters. The van der Waals surface area contributed by atoms with E-state index in [1.165, 1.54) is 6.07 Å². The lowest BCUT2D eigenvalue weighted by Gasteiger charge is -2.26. The lowest BCUT2D eigenvalue weighted by atomic mass is 10.1. The Morgan fingerprint density at radius 3 is 2.75 bits per heavy atom. The largest absolute Gasteiger partial charge is 0.356 e.